The second-order valence-electron chi connectivity index (χ2n) is 9.20. The molecule has 0 bridgehead atoms. The molecule has 5 rings (SSSR count). The zero-order valence-corrected chi connectivity index (χ0v) is 19.9. The van der Waals surface area contributed by atoms with E-state index in [9.17, 15) is 17.6 Å². The molecule has 3 aromatic heterocycles. The Bertz CT molecular complexity index is 1420. The molecule has 1 aliphatic rings. The molecule has 36 heavy (non-hydrogen) atoms. The van der Waals surface area contributed by atoms with Gasteiger partial charge in [-0.1, -0.05) is 19.1 Å². The van der Waals surface area contributed by atoms with Gasteiger partial charge in [0.25, 0.3) is 0 Å². The molecule has 2 atom stereocenters. The highest BCUT2D eigenvalue weighted by Gasteiger charge is 2.49. The van der Waals surface area contributed by atoms with Crippen LogP contribution in [0.25, 0.3) is 28.1 Å². The van der Waals surface area contributed by atoms with Crippen molar-refractivity contribution < 1.29 is 22.3 Å². The third-order valence-electron chi connectivity index (χ3n) is 6.81. The van der Waals surface area contributed by atoms with Gasteiger partial charge < -0.3 is 10.5 Å². The van der Waals surface area contributed by atoms with E-state index < -0.39 is 23.6 Å². The zero-order valence-electron chi connectivity index (χ0n) is 19.9. The van der Waals surface area contributed by atoms with Crippen molar-refractivity contribution in [1.29, 1.82) is 0 Å². The molecule has 2 N–H and O–H groups in total. The van der Waals surface area contributed by atoms with Crippen molar-refractivity contribution in [2.24, 2.45) is 5.73 Å². The summed E-state index contributed by atoms with van der Waals surface area (Å²) in [6.07, 6.45) is -1.98. The van der Waals surface area contributed by atoms with Gasteiger partial charge in [0, 0.05) is 36.3 Å². The number of fused-ring (bicyclic) bond motifs is 2. The molecule has 190 valence electrons. The van der Waals surface area contributed by atoms with E-state index in [4.69, 9.17) is 10.5 Å². The largest absolute Gasteiger partial charge is 0.491 e. The van der Waals surface area contributed by atoms with Crippen molar-refractivity contribution in [1.82, 2.24) is 24.5 Å². The molecule has 0 saturated carbocycles. The molecule has 0 spiro atoms. The van der Waals surface area contributed by atoms with Crippen LogP contribution in [0.5, 0.6) is 5.75 Å². The van der Waals surface area contributed by atoms with Gasteiger partial charge in [-0.2, -0.15) is 13.2 Å². The van der Waals surface area contributed by atoms with Crippen LogP contribution in [-0.4, -0.2) is 55.9 Å². The fraction of sp³-hybridized carbons (Fsp3) is 0.400. The SMILES string of the molecule is CCOc1cc2nc(-c3nnc4ccc([C@H](N5CCC(N)(CC)C5)C(F)(F)F)cn34)ccc2cc1F. The molecule has 1 aromatic carbocycles. The first-order valence-corrected chi connectivity index (χ1v) is 11.8. The van der Waals surface area contributed by atoms with Gasteiger partial charge in [0.1, 0.15) is 11.7 Å². The van der Waals surface area contributed by atoms with Gasteiger partial charge in [0.05, 0.1) is 12.1 Å². The number of aromatic nitrogens is 4. The smallest absolute Gasteiger partial charge is 0.408 e. The van der Waals surface area contributed by atoms with Crippen LogP contribution in [-0.2, 0) is 0 Å². The van der Waals surface area contributed by atoms with Gasteiger partial charge in [0.2, 0.25) is 0 Å². The van der Waals surface area contributed by atoms with Crippen LogP contribution >= 0.6 is 0 Å². The molecular formula is C25H26F4N6O. The monoisotopic (exact) mass is 502 g/mol. The molecule has 4 heterocycles. The van der Waals surface area contributed by atoms with Crippen LogP contribution in [0.15, 0.2) is 42.6 Å². The van der Waals surface area contributed by atoms with Gasteiger partial charge in [-0.15, -0.1) is 10.2 Å². The number of nitrogens with two attached hydrogens (primary N) is 1. The summed E-state index contributed by atoms with van der Waals surface area (Å²) in [5.74, 6) is -0.147. The van der Waals surface area contributed by atoms with Gasteiger partial charge in [0.15, 0.2) is 23.0 Å². The Labute approximate surface area is 204 Å². The molecule has 1 unspecified atom stereocenters. The van der Waals surface area contributed by atoms with E-state index in [0.717, 1.165) is 0 Å². The number of alkyl halides is 3. The molecule has 0 radical (unpaired) electrons. The Kier molecular flexibility index (Phi) is 6.08. The summed E-state index contributed by atoms with van der Waals surface area (Å²) in [7, 11) is 0. The van der Waals surface area contributed by atoms with Gasteiger partial charge in [-0.25, -0.2) is 9.37 Å². The number of hydrogen-bond acceptors (Lipinski definition) is 6. The lowest BCUT2D eigenvalue weighted by molar-refractivity contribution is -0.184. The first-order valence-electron chi connectivity index (χ1n) is 11.8. The van der Waals surface area contributed by atoms with Crippen molar-refractivity contribution in [2.45, 2.75) is 44.4 Å². The minimum atomic E-state index is -4.50. The molecule has 7 nitrogen and oxygen atoms in total. The van der Waals surface area contributed by atoms with Crippen LogP contribution in [0.3, 0.4) is 0 Å². The number of ether oxygens (including phenoxy) is 1. The Hall–Kier alpha value is -3.31. The fourth-order valence-electron chi connectivity index (χ4n) is 4.80. The van der Waals surface area contributed by atoms with Crippen molar-refractivity contribution in [3.63, 3.8) is 0 Å². The molecular weight excluding hydrogens is 476 g/mol. The van der Waals surface area contributed by atoms with E-state index in [1.165, 1.54) is 39.8 Å². The molecule has 1 fully saturated rings. The maximum Gasteiger partial charge on any atom is 0.408 e. The lowest BCUT2D eigenvalue weighted by Crippen LogP contribution is -2.44. The normalized spacial score (nSPS) is 19.9. The summed E-state index contributed by atoms with van der Waals surface area (Å²) < 4.78 is 63.9. The van der Waals surface area contributed by atoms with Crippen LogP contribution in [0.2, 0.25) is 0 Å². The van der Waals surface area contributed by atoms with Gasteiger partial charge >= 0.3 is 6.18 Å². The van der Waals surface area contributed by atoms with E-state index in [1.54, 1.807) is 19.1 Å². The number of rotatable bonds is 6. The summed E-state index contributed by atoms with van der Waals surface area (Å²) in [5.41, 5.74) is 6.96. The molecule has 4 aromatic rings. The molecule has 1 aliphatic heterocycles. The number of nitrogens with zero attached hydrogens (tertiary/aromatic N) is 5. The first-order chi connectivity index (χ1) is 17.1. The van der Waals surface area contributed by atoms with Gasteiger partial charge in [-0.05, 0) is 43.5 Å². The lowest BCUT2D eigenvalue weighted by atomic mass is 9.97. The topological polar surface area (TPSA) is 81.6 Å². The number of likely N-dealkylation sites (tertiary alicyclic amines) is 1. The third-order valence-corrected chi connectivity index (χ3v) is 6.81. The average molecular weight is 503 g/mol. The number of hydrogen-bond donors (Lipinski definition) is 1. The summed E-state index contributed by atoms with van der Waals surface area (Å²) in [6, 6.07) is 7.27. The maximum absolute atomic E-state index is 14.3. The molecule has 0 amide bonds. The Morgan fingerprint density at radius 1 is 1.14 bits per heavy atom. The van der Waals surface area contributed by atoms with Crippen LogP contribution < -0.4 is 10.5 Å². The quantitative estimate of drug-likeness (QED) is 0.378. The van der Waals surface area contributed by atoms with Crippen LogP contribution in [0.4, 0.5) is 17.6 Å². The van der Waals surface area contributed by atoms with Gasteiger partial charge in [-0.3, -0.25) is 9.30 Å². The number of pyridine rings is 2. The standard InChI is InChI=1S/C25H26F4N6O/c1-3-24(30)9-10-34(14-24)22(25(27,28)29)16-6-8-21-32-33-23(35(21)13-16)18-7-5-15-11-17(26)20(36-4-2)12-19(15)31-18/h5-8,11-13,22H,3-4,9-10,14,30H2,1-2H3/t22-,24?/m0/s1. The predicted molar refractivity (Wildman–Crippen MR) is 127 cm³/mol. The summed E-state index contributed by atoms with van der Waals surface area (Å²) in [5, 5.41) is 8.84. The minimum Gasteiger partial charge on any atom is -0.491 e. The number of benzene rings is 1. The van der Waals surface area contributed by atoms with Crippen molar-refractivity contribution in [3.8, 4) is 17.3 Å². The van der Waals surface area contributed by atoms with E-state index >= 15 is 0 Å². The fourth-order valence-corrected chi connectivity index (χ4v) is 4.80. The summed E-state index contributed by atoms with van der Waals surface area (Å²) in [6.45, 7) is 4.35. The van der Waals surface area contributed by atoms with E-state index in [2.05, 4.69) is 15.2 Å². The molecule has 0 aliphatic carbocycles. The third kappa shape index (κ3) is 4.37. The zero-order chi connectivity index (χ0) is 25.7. The predicted octanol–water partition coefficient (Wildman–Crippen LogP) is 4.90. The Balaban J connectivity index is 1.57. The van der Waals surface area contributed by atoms with Crippen molar-refractivity contribution in [2.75, 3.05) is 19.7 Å². The second kappa shape index (κ2) is 8.97. The van der Waals surface area contributed by atoms with Crippen molar-refractivity contribution >= 4 is 16.6 Å². The lowest BCUT2D eigenvalue weighted by Gasteiger charge is -2.31. The minimum absolute atomic E-state index is 0.0675. The average Bonchev–Trinajstić information content (AvgIpc) is 3.43. The number of halogens is 4. The molecule has 1 saturated heterocycles. The van der Waals surface area contributed by atoms with Crippen LogP contribution in [0.1, 0.15) is 38.3 Å². The highest BCUT2D eigenvalue weighted by Crippen LogP contribution is 2.41. The van der Waals surface area contributed by atoms with Crippen LogP contribution in [0, 0.1) is 5.82 Å². The Morgan fingerprint density at radius 3 is 2.64 bits per heavy atom. The highest BCUT2D eigenvalue weighted by atomic mass is 19.4. The highest BCUT2D eigenvalue weighted by molar-refractivity contribution is 5.82. The summed E-state index contributed by atoms with van der Waals surface area (Å²) in [4.78, 5) is 5.96. The Morgan fingerprint density at radius 2 is 1.94 bits per heavy atom. The second-order valence-corrected chi connectivity index (χ2v) is 9.20. The summed E-state index contributed by atoms with van der Waals surface area (Å²) >= 11 is 0. The first kappa shape index (κ1) is 24.4. The van der Waals surface area contributed by atoms with E-state index in [1.807, 2.05) is 6.92 Å². The van der Waals surface area contributed by atoms with E-state index in [-0.39, 0.29) is 30.2 Å². The molecule has 11 heteroatoms. The van der Waals surface area contributed by atoms with E-state index in [0.29, 0.717) is 41.7 Å². The maximum atomic E-state index is 14.3. The van der Waals surface area contributed by atoms with Crippen molar-refractivity contribution in [3.05, 3.63) is 54.0 Å².